The van der Waals surface area contributed by atoms with E-state index < -0.39 is 28.9 Å². The number of aryl methyl sites for hydroxylation is 1. The van der Waals surface area contributed by atoms with Crippen molar-refractivity contribution in [2.24, 2.45) is 5.92 Å². The first kappa shape index (κ1) is 16.3. The average molecular weight is 306 g/mol. The van der Waals surface area contributed by atoms with Crippen LogP contribution in [0.1, 0.15) is 36.7 Å². The van der Waals surface area contributed by atoms with Crippen molar-refractivity contribution in [2.75, 3.05) is 0 Å². The van der Waals surface area contributed by atoms with Gasteiger partial charge in [-0.1, -0.05) is 26.8 Å². The molecule has 1 nitrogen and oxygen atoms in total. The SMILES string of the molecule is CCc1cc(-c2cc(F)c(C(=O)C(C)C)c(F)c2)ccc1F. The van der Waals surface area contributed by atoms with E-state index in [-0.39, 0.29) is 11.4 Å². The summed E-state index contributed by atoms with van der Waals surface area (Å²) in [6.45, 7) is 4.97. The highest BCUT2D eigenvalue weighted by Gasteiger charge is 2.21. The molecule has 2 rings (SSSR count). The third-order valence-electron chi connectivity index (χ3n) is 3.57. The molecule has 0 amide bonds. The number of hydrogen-bond acceptors (Lipinski definition) is 1. The zero-order chi connectivity index (χ0) is 16.4. The lowest BCUT2D eigenvalue weighted by Gasteiger charge is -2.10. The Balaban J connectivity index is 2.53. The number of carbonyl (C=O) groups excluding carboxylic acids is 1. The molecule has 0 atom stereocenters. The molecular weight excluding hydrogens is 289 g/mol. The Hall–Kier alpha value is -2.10. The number of halogens is 3. The third kappa shape index (κ3) is 3.06. The van der Waals surface area contributed by atoms with E-state index in [1.807, 2.05) is 0 Å². The fourth-order valence-electron chi connectivity index (χ4n) is 2.29. The number of ketones is 1. The van der Waals surface area contributed by atoms with Crippen molar-refractivity contribution in [3.63, 3.8) is 0 Å². The van der Waals surface area contributed by atoms with Gasteiger partial charge in [-0.25, -0.2) is 13.2 Å². The Labute approximate surface area is 127 Å². The van der Waals surface area contributed by atoms with Gasteiger partial charge in [-0.15, -0.1) is 0 Å². The first-order valence-electron chi connectivity index (χ1n) is 7.17. The van der Waals surface area contributed by atoms with Crippen LogP contribution in [-0.2, 0) is 6.42 Å². The highest BCUT2D eigenvalue weighted by molar-refractivity contribution is 5.98. The molecule has 0 aliphatic rings. The van der Waals surface area contributed by atoms with Gasteiger partial charge in [0.15, 0.2) is 5.78 Å². The molecule has 4 heteroatoms. The second kappa shape index (κ2) is 6.34. The minimum absolute atomic E-state index is 0.282. The number of hydrogen-bond donors (Lipinski definition) is 0. The summed E-state index contributed by atoms with van der Waals surface area (Å²) in [6.07, 6.45) is 0.481. The van der Waals surface area contributed by atoms with Gasteiger partial charge < -0.3 is 0 Å². The fourth-order valence-corrected chi connectivity index (χ4v) is 2.29. The van der Waals surface area contributed by atoms with Crippen molar-refractivity contribution in [1.29, 1.82) is 0 Å². The monoisotopic (exact) mass is 306 g/mol. The van der Waals surface area contributed by atoms with Crippen LogP contribution in [-0.4, -0.2) is 5.78 Å². The maximum absolute atomic E-state index is 14.1. The number of carbonyl (C=O) groups is 1. The molecule has 116 valence electrons. The first-order chi connectivity index (χ1) is 10.3. The Kier molecular flexibility index (Phi) is 4.69. The van der Waals surface area contributed by atoms with Gasteiger partial charge >= 0.3 is 0 Å². The van der Waals surface area contributed by atoms with Gasteiger partial charge in [0.1, 0.15) is 17.5 Å². The highest BCUT2D eigenvalue weighted by Crippen LogP contribution is 2.27. The summed E-state index contributed by atoms with van der Waals surface area (Å²) in [7, 11) is 0. The van der Waals surface area contributed by atoms with E-state index in [1.165, 1.54) is 12.1 Å². The van der Waals surface area contributed by atoms with Crippen LogP contribution in [0.25, 0.3) is 11.1 Å². The summed E-state index contributed by atoms with van der Waals surface area (Å²) >= 11 is 0. The predicted molar refractivity (Wildman–Crippen MR) is 80.3 cm³/mol. The van der Waals surface area contributed by atoms with Crippen molar-refractivity contribution < 1.29 is 18.0 Å². The normalized spacial score (nSPS) is 11.0. The van der Waals surface area contributed by atoms with Gasteiger partial charge in [-0.05, 0) is 47.4 Å². The van der Waals surface area contributed by atoms with E-state index in [2.05, 4.69) is 0 Å². The zero-order valence-electron chi connectivity index (χ0n) is 12.7. The molecule has 0 saturated carbocycles. The van der Waals surface area contributed by atoms with E-state index in [0.29, 0.717) is 17.5 Å². The molecule has 0 unspecified atom stereocenters. The molecule has 2 aromatic carbocycles. The summed E-state index contributed by atoms with van der Waals surface area (Å²) in [5.74, 6) is -3.20. The molecule has 0 aliphatic heterocycles. The zero-order valence-corrected chi connectivity index (χ0v) is 12.7. The van der Waals surface area contributed by atoms with E-state index in [0.717, 1.165) is 12.1 Å². The number of benzene rings is 2. The van der Waals surface area contributed by atoms with Crippen LogP contribution in [0.4, 0.5) is 13.2 Å². The molecule has 22 heavy (non-hydrogen) atoms. The van der Waals surface area contributed by atoms with Gasteiger partial charge in [-0.2, -0.15) is 0 Å². The Morgan fingerprint density at radius 1 is 0.955 bits per heavy atom. The van der Waals surface area contributed by atoms with Crippen molar-refractivity contribution in [2.45, 2.75) is 27.2 Å². The molecule has 0 fully saturated rings. The fraction of sp³-hybridized carbons (Fsp3) is 0.278. The van der Waals surface area contributed by atoms with Gasteiger partial charge in [0, 0.05) is 5.92 Å². The predicted octanol–water partition coefficient (Wildman–Crippen LogP) is 5.17. The standard InChI is InChI=1S/C18H17F3O/c1-4-11-7-12(5-6-14(11)19)13-8-15(20)17(16(21)9-13)18(22)10(2)3/h5-10H,4H2,1-3H3. The van der Waals surface area contributed by atoms with E-state index in [4.69, 9.17) is 0 Å². The minimum atomic E-state index is -0.893. The second-order valence-corrected chi connectivity index (χ2v) is 5.49. The van der Waals surface area contributed by atoms with Crippen molar-refractivity contribution >= 4 is 5.78 Å². The minimum Gasteiger partial charge on any atom is -0.294 e. The molecule has 0 radical (unpaired) electrons. The number of Topliss-reactive ketones (excluding diaryl/α,β-unsaturated/α-hetero) is 1. The average Bonchev–Trinajstić information content (AvgIpc) is 2.46. The van der Waals surface area contributed by atoms with Crippen LogP contribution in [0.5, 0.6) is 0 Å². The van der Waals surface area contributed by atoms with Crippen molar-refractivity contribution in [3.05, 3.63) is 58.9 Å². The second-order valence-electron chi connectivity index (χ2n) is 5.49. The molecule has 0 heterocycles. The molecule has 0 aromatic heterocycles. The van der Waals surface area contributed by atoms with Gasteiger partial charge in [0.25, 0.3) is 0 Å². The molecule has 0 spiro atoms. The van der Waals surface area contributed by atoms with Crippen LogP contribution in [0.15, 0.2) is 30.3 Å². The lowest BCUT2D eigenvalue weighted by atomic mass is 9.95. The molecule has 0 aliphatic carbocycles. The molecule has 0 N–H and O–H groups in total. The van der Waals surface area contributed by atoms with Crippen LogP contribution in [0, 0.1) is 23.4 Å². The smallest absolute Gasteiger partial charge is 0.171 e. The summed E-state index contributed by atoms with van der Waals surface area (Å²) in [4.78, 5) is 11.8. The maximum Gasteiger partial charge on any atom is 0.171 e. The number of rotatable bonds is 4. The maximum atomic E-state index is 14.1. The third-order valence-corrected chi connectivity index (χ3v) is 3.57. The van der Waals surface area contributed by atoms with Gasteiger partial charge in [0.05, 0.1) is 5.56 Å². The first-order valence-corrected chi connectivity index (χ1v) is 7.17. The quantitative estimate of drug-likeness (QED) is 0.712. The van der Waals surface area contributed by atoms with Gasteiger partial charge in [0.2, 0.25) is 0 Å². The highest BCUT2D eigenvalue weighted by atomic mass is 19.1. The summed E-state index contributed by atoms with van der Waals surface area (Å²) in [5.41, 5.74) is 0.752. The van der Waals surface area contributed by atoms with Crippen molar-refractivity contribution in [1.82, 2.24) is 0 Å². The van der Waals surface area contributed by atoms with E-state index in [1.54, 1.807) is 26.8 Å². The Bertz CT molecular complexity index is 697. The molecular formula is C18H17F3O. The molecule has 0 saturated heterocycles. The molecule has 0 bridgehead atoms. The van der Waals surface area contributed by atoms with E-state index >= 15 is 0 Å². The Morgan fingerprint density at radius 2 is 1.55 bits per heavy atom. The lowest BCUT2D eigenvalue weighted by Crippen LogP contribution is -2.12. The summed E-state index contributed by atoms with van der Waals surface area (Å²) in [5, 5.41) is 0. The van der Waals surface area contributed by atoms with Crippen LogP contribution in [0.3, 0.4) is 0 Å². The van der Waals surface area contributed by atoms with Gasteiger partial charge in [-0.3, -0.25) is 4.79 Å². The van der Waals surface area contributed by atoms with E-state index in [9.17, 15) is 18.0 Å². The van der Waals surface area contributed by atoms with Crippen molar-refractivity contribution in [3.8, 4) is 11.1 Å². The lowest BCUT2D eigenvalue weighted by molar-refractivity contribution is 0.0931. The molecule has 2 aromatic rings. The van der Waals surface area contributed by atoms with Crippen LogP contribution in [0.2, 0.25) is 0 Å². The Morgan fingerprint density at radius 3 is 2.05 bits per heavy atom. The summed E-state index contributed by atoms with van der Waals surface area (Å²) < 4.78 is 41.8. The topological polar surface area (TPSA) is 17.1 Å². The van der Waals surface area contributed by atoms with Crippen LogP contribution < -0.4 is 0 Å². The largest absolute Gasteiger partial charge is 0.294 e. The summed E-state index contributed by atoms with van der Waals surface area (Å²) in [6, 6.07) is 6.54. The van der Waals surface area contributed by atoms with Crippen LogP contribution >= 0.6 is 0 Å².